The van der Waals surface area contributed by atoms with Crippen molar-refractivity contribution in [1.29, 1.82) is 0 Å². The van der Waals surface area contributed by atoms with Gasteiger partial charge in [-0.3, -0.25) is 14.4 Å². The quantitative estimate of drug-likeness (QED) is 0.794. The second kappa shape index (κ2) is 7.20. The lowest BCUT2D eigenvalue weighted by molar-refractivity contribution is -0.116. The van der Waals surface area contributed by atoms with E-state index in [1.165, 1.54) is 23.5 Å². The van der Waals surface area contributed by atoms with Gasteiger partial charge in [0.15, 0.2) is 5.78 Å². The van der Waals surface area contributed by atoms with Crippen LogP contribution in [0.1, 0.15) is 32.9 Å². The highest BCUT2D eigenvalue weighted by Crippen LogP contribution is 2.23. The van der Waals surface area contributed by atoms with E-state index in [9.17, 15) is 14.4 Å². The number of anilines is 1. The molecule has 0 bridgehead atoms. The predicted molar refractivity (Wildman–Crippen MR) is 86.5 cm³/mol. The van der Waals surface area contributed by atoms with Gasteiger partial charge >= 0.3 is 0 Å². The third-order valence-electron chi connectivity index (χ3n) is 2.88. The third kappa shape index (κ3) is 4.41. The standard InChI is InChI=1S/C15H13ClN2O3S/c16-13-7-6-12(22-13)11(19)5-8-14(20)18-10-3-1-9(2-4-10)15(17)21/h1-4,6-7H,5,8H2,(H2,17,21)(H,18,20). The monoisotopic (exact) mass is 336 g/mol. The molecule has 114 valence electrons. The molecule has 0 aliphatic rings. The summed E-state index contributed by atoms with van der Waals surface area (Å²) in [7, 11) is 0. The van der Waals surface area contributed by atoms with Gasteiger partial charge in [0.2, 0.25) is 11.8 Å². The van der Waals surface area contributed by atoms with Gasteiger partial charge in [0.1, 0.15) is 0 Å². The van der Waals surface area contributed by atoms with Crippen molar-refractivity contribution in [3.05, 3.63) is 51.2 Å². The lowest BCUT2D eigenvalue weighted by Gasteiger charge is -2.05. The number of carbonyl (C=O) groups is 3. The van der Waals surface area contributed by atoms with Crippen molar-refractivity contribution in [1.82, 2.24) is 0 Å². The fourth-order valence-electron chi connectivity index (χ4n) is 1.76. The molecule has 0 fully saturated rings. The molecule has 0 unspecified atom stereocenters. The molecule has 1 aromatic carbocycles. The first-order valence-electron chi connectivity index (χ1n) is 6.44. The Morgan fingerprint density at radius 2 is 1.73 bits per heavy atom. The number of nitrogens with two attached hydrogens (primary N) is 1. The van der Waals surface area contributed by atoms with Gasteiger partial charge in [-0.2, -0.15) is 0 Å². The largest absolute Gasteiger partial charge is 0.366 e. The van der Waals surface area contributed by atoms with E-state index in [2.05, 4.69) is 5.32 Å². The van der Waals surface area contributed by atoms with Crippen molar-refractivity contribution >= 4 is 46.2 Å². The third-order valence-corrected chi connectivity index (χ3v) is 4.15. The number of hydrogen-bond donors (Lipinski definition) is 2. The number of amides is 2. The molecule has 0 saturated carbocycles. The van der Waals surface area contributed by atoms with Gasteiger partial charge in [-0.1, -0.05) is 11.6 Å². The van der Waals surface area contributed by atoms with Crippen LogP contribution in [0, 0.1) is 0 Å². The van der Waals surface area contributed by atoms with Crippen LogP contribution in [0.15, 0.2) is 36.4 Å². The number of thiophene rings is 1. The Labute approximate surface area is 136 Å². The number of primary amides is 1. The Morgan fingerprint density at radius 1 is 1.05 bits per heavy atom. The number of benzene rings is 1. The van der Waals surface area contributed by atoms with Gasteiger partial charge in [0.05, 0.1) is 9.21 Å². The van der Waals surface area contributed by atoms with Gasteiger partial charge in [0, 0.05) is 24.1 Å². The minimum atomic E-state index is -0.530. The van der Waals surface area contributed by atoms with Gasteiger partial charge in [-0.25, -0.2) is 0 Å². The molecular weight excluding hydrogens is 324 g/mol. The summed E-state index contributed by atoms with van der Waals surface area (Å²) in [4.78, 5) is 35.1. The number of ketones is 1. The van der Waals surface area contributed by atoms with E-state index in [1.54, 1.807) is 24.3 Å². The van der Waals surface area contributed by atoms with E-state index >= 15 is 0 Å². The molecule has 0 radical (unpaired) electrons. The first-order chi connectivity index (χ1) is 10.5. The van der Waals surface area contributed by atoms with Crippen molar-refractivity contribution in [3.63, 3.8) is 0 Å². The van der Waals surface area contributed by atoms with Crippen LogP contribution in [-0.2, 0) is 4.79 Å². The van der Waals surface area contributed by atoms with Crippen LogP contribution in [-0.4, -0.2) is 17.6 Å². The maximum absolute atomic E-state index is 11.9. The van der Waals surface area contributed by atoms with Crippen LogP contribution in [0.3, 0.4) is 0 Å². The topological polar surface area (TPSA) is 89.3 Å². The molecular formula is C15H13ClN2O3S. The average molecular weight is 337 g/mol. The predicted octanol–water partition coefficient (Wildman–Crippen LogP) is 3.10. The van der Waals surface area contributed by atoms with E-state index < -0.39 is 5.91 Å². The second-order valence-corrected chi connectivity index (χ2v) is 6.23. The molecule has 0 atom stereocenters. The zero-order chi connectivity index (χ0) is 16.1. The summed E-state index contributed by atoms with van der Waals surface area (Å²) >= 11 is 6.96. The van der Waals surface area contributed by atoms with Gasteiger partial charge in [-0.15, -0.1) is 11.3 Å². The molecule has 2 aromatic rings. The van der Waals surface area contributed by atoms with Crippen LogP contribution in [0.25, 0.3) is 0 Å². The Kier molecular flexibility index (Phi) is 5.30. The number of rotatable bonds is 6. The van der Waals surface area contributed by atoms with Crippen molar-refractivity contribution in [2.45, 2.75) is 12.8 Å². The van der Waals surface area contributed by atoms with E-state index in [1.807, 2.05) is 0 Å². The molecule has 22 heavy (non-hydrogen) atoms. The molecule has 2 rings (SSSR count). The molecule has 0 saturated heterocycles. The van der Waals surface area contributed by atoms with E-state index in [0.717, 1.165) is 0 Å². The summed E-state index contributed by atoms with van der Waals surface area (Å²) in [6.07, 6.45) is 0.188. The minimum absolute atomic E-state index is 0.0753. The molecule has 1 heterocycles. The molecule has 3 N–H and O–H groups in total. The summed E-state index contributed by atoms with van der Waals surface area (Å²) < 4.78 is 0.544. The second-order valence-electron chi connectivity index (χ2n) is 4.52. The normalized spacial score (nSPS) is 10.2. The van der Waals surface area contributed by atoms with Crippen LogP contribution < -0.4 is 11.1 Å². The number of halogens is 1. The molecule has 5 nitrogen and oxygen atoms in total. The number of hydrogen-bond acceptors (Lipinski definition) is 4. The molecule has 7 heteroatoms. The van der Waals surface area contributed by atoms with Crippen molar-refractivity contribution in [2.75, 3.05) is 5.32 Å². The Hall–Kier alpha value is -2.18. The molecule has 2 amide bonds. The van der Waals surface area contributed by atoms with Crippen LogP contribution in [0.5, 0.6) is 0 Å². The Bertz CT molecular complexity index is 710. The maximum atomic E-state index is 11.9. The van der Waals surface area contributed by atoms with Crippen LogP contribution in [0.4, 0.5) is 5.69 Å². The highest BCUT2D eigenvalue weighted by Gasteiger charge is 2.11. The van der Waals surface area contributed by atoms with E-state index in [-0.39, 0.29) is 24.5 Å². The van der Waals surface area contributed by atoms with Gasteiger partial charge < -0.3 is 11.1 Å². The zero-order valence-electron chi connectivity index (χ0n) is 11.5. The SMILES string of the molecule is NC(=O)c1ccc(NC(=O)CCC(=O)c2ccc(Cl)s2)cc1. The fourth-order valence-corrected chi connectivity index (χ4v) is 2.77. The van der Waals surface area contributed by atoms with Crippen LogP contribution in [0.2, 0.25) is 4.34 Å². The summed E-state index contributed by atoms with van der Waals surface area (Å²) in [6.45, 7) is 0. The summed E-state index contributed by atoms with van der Waals surface area (Å²) in [6, 6.07) is 9.51. The fraction of sp³-hybridized carbons (Fsp3) is 0.133. The highest BCUT2D eigenvalue weighted by molar-refractivity contribution is 7.18. The Balaban J connectivity index is 1.85. The molecule has 1 aromatic heterocycles. The first kappa shape index (κ1) is 16.2. The van der Waals surface area contributed by atoms with E-state index in [4.69, 9.17) is 17.3 Å². The van der Waals surface area contributed by atoms with Crippen molar-refractivity contribution < 1.29 is 14.4 Å². The zero-order valence-corrected chi connectivity index (χ0v) is 13.0. The first-order valence-corrected chi connectivity index (χ1v) is 7.63. The smallest absolute Gasteiger partial charge is 0.248 e. The number of nitrogens with one attached hydrogen (secondary N) is 1. The van der Waals surface area contributed by atoms with Crippen LogP contribution >= 0.6 is 22.9 Å². The van der Waals surface area contributed by atoms with E-state index in [0.29, 0.717) is 20.5 Å². The van der Waals surface area contributed by atoms with Gasteiger partial charge in [0.25, 0.3) is 0 Å². The van der Waals surface area contributed by atoms with Crippen molar-refractivity contribution in [2.24, 2.45) is 5.73 Å². The summed E-state index contributed by atoms with van der Waals surface area (Å²) in [5.41, 5.74) is 6.04. The minimum Gasteiger partial charge on any atom is -0.366 e. The maximum Gasteiger partial charge on any atom is 0.248 e. The highest BCUT2D eigenvalue weighted by atomic mass is 35.5. The summed E-state index contributed by atoms with van der Waals surface area (Å²) in [5, 5.41) is 2.65. The number of carbonyl (C=O) groups excluding carboxylic acids is 3. The number of Topliss-reactive ketones (excluding diaryl/α,β-unsaturated/α-hetero) is 1. The molecule has 0 aliphatic heterocycles. The molecule has 0 aliphatic carbocycles. The summed E-state index contributed by atoms with van der Waals surface area (Å²) in [5.74, 6) is -0.919. The molecule has 0 spiro atoms. The lowest BCUT2D eigenvalue weighted by atomic mass is 10.1. The lowest BCUT2D eigenvalue weighted by Crippen LogP contribution is -2.14. The van der Waals surface area contributed by atoms with Gasteiger partial charge in [-0.05, 0) is 36.4 Å². The average Bonchev–Trinajstić information content (AvgIpc) is 2.92. The Morgan fingerprint density at radius 3 is 2.27 bits per heavy atom. The van der Waals surface area contributed by atoms with Crippen molar-refractivity contribution in [3.8, 4) is 0 Å².